The van der Waals surface area contributed by atoms with Gasteiger partial charge in [0.05, 0.1) is 12.7 Å². The summed E-state index contributed by atoms with van der Waals surface area (Å²) >= 11 is 0. The van der Waals surface area contributed by atoms with Gasteiger partial charge in [-0.3, -0.25) is 4.79 Å². The van der Waals surface area contributed by atoms with Crippen LogP contribution in [0.3, 0.4) is 0 Å². The number of esters is 1. The lowest BCUT2D eigenvalue weighted by molar-refractivity contribution is -0.174. The van der Waals surface area contributed by atoms with Gasteiger partial charge in [0.25, 0.3) is 0 Å². The van der Waals surface area contributed by atoms with Crippen molar-refractivity contribution in [1.29, 1.82) is 0 Å². The second kappa shape index (κ2) is 6.52. The molecule has 20 heavy (non-hydrogen) atoms. The quantitative estimate of drug-likeness (QED) is 0.780. The van der Waals surface area contributed by atoms with E-state index in [4.69, 9.17) is 9.47 Å². The van der Waals surface area contributed by atoms with Crippen LogP contribution in [0.15, 0.2) is 30.3 Å². The van der Waals surface area contributed by atoms with Gasteiger partial charge >= 0.3 is 5.97 Å². The molecule has 0 spiro atoms. The number of benzene rings is 1. The minimum atomic E-state index is -0.684. The number of hydrogen-bond donors (Lipinski definition) is 0. The molecule has 2 atom stereocenters. The molecule has 0 saturated carbocycles. The molecule has 0 N–H and O–H groups in total. The number of carbonyl (C=O) groups is 2. The summed E-state index contributed by atoms with van der Waals surface area (Å²) in [6.07, 6.45) is -0.365. The first-order chi connectivity index (χ1) is 9.63. The Labute approximate surface area is 118 Å². The van der Waals surface area contributed by atoms with Crippen molar-refractivity contribution in [3.8, 4) is 0 Å². The molecule has 5 nitrogen and oxygen atoms in total. The Hall–Kier alpha value is -1.88. The van der Waals surface area contributed by atoms with Gasteiger partial charge in [-0.1, -0.05) is 30.3 Å². The first kappa shape index (κ1) is 14.5. The van der Waals surface area contributed by atoms with Crippen molar-refractivity contribution in [2.75, 3.05) is 13.2 Å². The van der Waals surface area contributed by atoms with E-state index in [0.717, 1.165) is 5.56 Å². The summed E-state index contributed by atoms with van der Waals surface area (Å²) < 4.78 is 10.4. The minimum absolute atomic E-state index is 0.00387. The monoisotopic (exact) mass is 277 g/mol. The topological polar surface area (TPSA) is 55.8 Å². The molecule has 2 rings (SSSR count). The van der Waals surface area contributed by atoms with E-state index in [1.807, 2.05) is 30.3 Å². The number of amides is 1. The number of ether oxygens (including phenoxy) is 2. The third-order valence-electron chi connectivity index (χ3n) is 3.29. The SMILES string of the molecule is CCOC(=O)[C@H]1[C@H](C)OCC(=O)N1Cc1ccccc1. The van der Waals surface area contributed by atoms with Crippen molar-refractivity contribution in [3.63, 3.8) is 0 Å². The van der Waals surface area contributed by atoms with Crippen molar-refractivity contribution in [2.45, 2.75) is 32.5 Å². The molecule has 0 bridgehead atoms. The van der Waals surface area contributed by atoms with Crippen LogP contribution in [0.2, 0.25) is 0 Å². The maximum Gasteiger partial charge on any atom is 0.331 e. The van der Waals surface area contributed by atoms with Gasteiger partial charge in [0, 0.05) is 6.54 Å². The van der Waals surface area contributed by atoms with Crippen LogP contribution in [0, 0.1) is 0 Å². The summed E-state index contributed by atoms with van der Waals surface area (Å²) in [5.41, 5.74) is 0.976. The summed E-state index contributed by atoms with van der Waals surface area (Å²) in [6, 6.07) is 8.89. The Morgan fingerprint density at radius 3 is 2.75 bits per heavy atom. The molecule has 1 heterocycles. The highest BCUT2D eigenvalue weighted by Gasteiger charge is 2.40. The van der Waals surface area contributed by atoms with E-state index in [9.17, 15) is 9.59 Å². The van der Waals surface area contributed by atoms with Crippen LogP contribution in [0.1, 0.15) is 19.4 Å². The van der Waals surface area contributed by atoms with Crippen molar-refractivity contribution >= 4 is 11.9 Å². The third kappa shape index (κ3) is 3.17. The summed E-state index contributed by atoms with van der Waals surface area (Å²) in [6.45, 7) is 4.21. The summed E-state index contributed by atoms with van der Waals surface area (Å²) in [5.74, 6) is -0.603. The largest absolute Gasteiger partial charge is 0.464 e. The Bertz CT molecular complexity index is 474. The van der Waals surface area contributed by atoms with Gasteiger partial charge in [-0.05, 0) is 19.4 Å². The van der Waals surface area contributed by atoms with Crippen LogP contribution in [0.25, 0.3) is 0 Å². The van der Waals surface area contributed by atoms with Crippen LogP contribution in [0.4, 0.5) is 0 Å². The molecule has 0 unspecified atom stereocenters. The van der Waals surface area contributed by atoms with E-state index >= 15 is 0 Å². The average molecular weight is 277 g/mol. The van der Waals surface area contributed by atoms with E-state index in [-0.39, 0.29) is 25.2 Å². The lowest BCUT2D eigenvalue weighted by Crippen LogP contribution is -2.57. The van der Waals surface area contributed by atoms with Gasteiger partial charge in [-0.15, -0.1) is 0 Å². The highest BCUT2D eigenvalue weighted by atomic mass is 16.5. The normalized spacial score (nSPS) is 22.7. The Kier molecular flexibility index (Phi) is 4.74. The van der Waals surface area contributed by atoms with Gasteiger partial charge in [0.1, 0.15) is 6.61 Å². The minimum Gasteiger partial charge on any atom is -0.464 e. The first-order valence-electron chi connectivity index (χ1n) is 6.75. The summed E-state index contributed by atoms with van der Waals surface area (Å²) in [4.78, 5) is 25.7. The molecule has 0 aromatic heterocycles. The smallest absolute Gasteiger partial charge is 0.331 e. The van der Waals surface area contributed by atoms with Crippen molar-refractivity contribution < 1.29 is 19.1 Å². The number of nitrogens with zero attached hydrogens (tertiary/aromatic N) is 1. The zero-order valence-corrected chi connectivity index (χ0v) is 11.7. The number of morpholine rings is 1. The zero-order valence-electron chi connectivity index (χ0n) is 11.7. The summed E-state index contributed by atoms with van der Waals surface area (Å²) in [5, 5.41) is 0. The van der Waals surface area contributed by atoms with Crippen molar-refractivity contribution in [3.05, 3.63) is 35.9 Å². The third-order valence-corrected chi connectivity index (χ3v) is 3.29. The van der Waals surface area contributed by atoms with E-state index in [2.05, 4.69) is 0 Å². The second-order valence-electron chi connectivity index (χ2n) is 4.72. The van der Waals surface area contributed by atoms with Gasteiger partial charge in [-0.2, -0.15) is 0 Å². The predicted molar refractivity (Wildman–Crippen MR) is 72.8 cm³/mol. The highest BCUT2D eigenvalue weighted by Crippen LogP contribution is 2.19. The van der Waals surface area contributed by atoms with Gasteiger partial charge in [0.15, 0.2) is 6.04 Å². The number of rotatable bonds is 4. The molecular weight excluding hydrogens is 258 g/mol. The lowest BCUT2D eigenvalue weighted by Gasteiger charge is -2.37. The molecule has 108 valence electrons. The average Bonchev–Trinajstić information content (AvgIpc) is 2.44. The lowest BCUT2D eigenvalue weighted by atomic mass is 10.1. The second-order valence-corrected chi connectivity index (χ2v) is 4.72. The Morgan fingerprint density at radius 1 is 1.40 bits per heavy atom. The predicted octanol–water partition coefficient (Wildman–Crippen LogP) is 1.37. The first-order valence-corrected chi connectivity index (χ1v) is 6.75. The fraction of sp³-hybridized carbons (Fsp3) is 0.467. The van der Waals surface area contributed by atoms with E-state index < -0.39 is 12.0 Å². The molecule has 1 aliphatic heterocycles. The summed E-state index contributed by atoms with van der Waals surface area (Å²) in [7, 11) is 0. The molecule has 1 fully saturated rings. The highest BCUT2D eigenvalue weighted by molar-refractivity contribution is 5.86. The Balaban J connectivity index is 2.19. The zero-order chi connectivity index (χ0) is 14.5. The standard InChI is InChI=1S/C15H19NO4/c1-3-19-15(18)14-11(2)20-10-13(17)16(14)9-12-7-5-4-6-8-12/h4-8,11,14H,3,9-10H2,1-2H3/t11-,14+/m0/s1. The van der Waals surface area contributed by atoms with Crippen molar-refractivity contribution in [2.24, 2.45) is 0 Å². The van der Waals surface area contributed by atoms with Crippen LogP contribution in [-0.2, 0) is 25.6 Å². The molecular formula is C15H19NO4. The number of carbonyl (C=O) groups excluding carboxylic acids is 2. The van der Waals surface area contributed by atoms with Crippen LogP contribution in [-0.4, -0.2) is 42.1 Å². The van der Waals surface area contributed by atoms with E-state index in [1.54, 1.807) is 18.7 Å². The maximum absolute atomic E-state index is 12.1. The van der Waals surface area contributed by atoms with Crippen LogP contribution in [0.5, 0.6) is 0 Å². The molecule has 1 aromatic carbocycles. The van der Waals surface area contributed by atoms with Gasteiger partial charge in [0.2, 0.25) is 5.91 Å². The fourth-order valence-corrected chi connectivity index (χ4v) is 2.30. The van der Waals surface area contributed by atoms with Crippen molar-refractivity contribution in [1.82, 2.24) is 4.90 Å². The van der Waals surface area contributed by atoms with E-state index in [1.165, 1.54) is 0 Å². The van der Waals surface area contributed by atoms with Crippen LogP contribution < -0.4 is 0 Å². The molecule has 0 radical (unpaired) electrons. The molecule has 1 aromatic rings. The Morgan fingerprint density at radius 2 is 2.10 bits per heavy atom. The van der Waals surface area contributed by atoms with E-state index in [0.29, 0.717) is 6.54 Å². The fourth-order valence-electron chi connectivity index (χ4n) is 2.30. The van der Waals surface area contributed by atoms with Crippen LogP contribution >= 0.6 is 0 Å². The van der Waals surface area contributed by atoms with Gasteiger partial charge in [-0.25, -0.2) is 4.79 Å². The van der Waals surface area contributed by atoms with Gasteiger partial charge < -0.3 is 14.4 Å². The molecule has 0 aliphatic carbocycles. The molecule has 5 heteroatoms. The molecule has 1 aliphatic rings. The molecule has 1 saturated heterocycles. The maximum atomic E-state index is 12.1. The number of hydrogen-bond acceptors (Lipinski definition) is 4. The molecule has 1 amide bonds.